The highest BCUT2D eigenvalue weighted by molar-refractivity contribution is 6.00. The number of benzene rings is 4. The van der Waals surface area contributed by atoms with Gasteiger partial charge in [0, 0.05) is 44.3 Å². The Bertz CT molecular complexity index is 3000. The van der Waals surface area contributed by atoms with E-state index in [1.807, 2.05) is 97.1 Å². The predicted octanol–water partition coefficient (Wildman–Crippen LogP) is 8.94. The van der Waals surface area contributed by atoms with Gasteiger partial charge in [-0.05, 0) is 119 Å². The lowest BCUT2D eigenvalue weighted by atomic mass is 10.0. The number of aliphatic hydroxyl groups is 4. The molecule has 0 fully saturated rings. The number of nitrogens with one attached hydrogen (secondary N) is 2. The SMILES string of the molecule is OCCOCCOCCOc1ccc(-c2c3nc(c(-c4ccc(OCCOCCOCCO)cc4)c4ccc([nH]4)c(-c4ccc(OCCOCCOCCO)cc4)c4nc(c(-c5ccc(OCCOCCOCCO)cc5)c5ccc2[nH]5)C=C4)C=C3)cc1. The highest BCUT2D eigenvalue weighted by atomic mass is 16.6. The van der Waals surface area contributed by atoms with E-state index in [4.69, 9.17) is 87.2 Å². The number of hydrogen-bond donors (Lipinski definition) is 6. The first-order chi connectivity index (χ1) is 43.5. The molecule has 2 aliphatic rings. The number of hydrogen-bond acceptors (Lipinski definition) is 18. The standard InChI is InChI=1S/C68H78N4O16/c73-25-29-77-33-37-81-41-45-85-53-9-1-49(2-10-53)65-57-17-19-59(69-57)66(50-3-11-54(12-4-50)86-46-42-82-38-34-78-30-26-74)61-21-23-63(71-61)68(52-7-15-56(16-8-52)88-48-44-84-40-36-80-32-28-76)64-24-22-62(72-64)67(60-20-18-58(65)70-60)51-5-13-55(14-6-51)87-47-43-83-39-35-79-31-27-75/h1-24,69,72-76H,25-48H2. The van der Waals surface area contributed by atoms with Crippen LogP contribution in [0, 0.1) is 0 Å². The zero-order valence-electron chi connectivity index (χ0n) is 49.4. The van der Waals surface area contributed by atoms with Crippen LogP contribution in [0.1, 0.15) is 22.8 Å². The molecule has 20 heteroatoms. The molecule has 9 rings (SSSR count). The molecule has 0 amide bonds. The van der Waals surface area contributed by atoms with Gasteiger partial charge in [-0.3, -0.25) is 0 Å². The van der Waals surface area contributed by atoms with E-state index < -0.39 is 0 Å². The van der Waals surface area contributed by atoms with E-state index in [0.717, 1.165) is 89.4 Å². The molecule has 0 saturated carbocycles. The van der Waals surface area contributed by atoms with Crippen LogP contribution in [0.25, 0.3) is 90.9 Å². The van der Waals surface area contributed by atoms with Crippen molar-refractivity contribution in [2.45, 2.75) is 0 Å². The molecule has 6 N–H and O–H groups in total. The Morgan fingerprint density at radius 2 is 0.432 bits per heavy atom. The van der Waals surface area contributed by atoms with Crippen LogP contribution in [-0.4, -0.2) is 199 Å². The summed E-state index contributed by atoms with van der Waals surface area (Å²) in [7, 11) is 0. The van der Waals surface area contributed by atoms with Crippen LogP contribution in [0.4, 0.5) is 0 Å². The molecule has 0 radical (unpaired) electrons. The fourth-order valence-electron chi connectivity index (χ4n) is 9.71. The van der Waals surface area contributed by atoms with E-state index in [1.54, 1.807) is 0 Å². The van der Waals surface area contributed by atoms with Gasteiger partial charge in [-0.25, -0.2) is 9.97 Å². The first-order valence-corrected chi connectivity index (χ1v) is 29.7. The maximum Gasteiger partial charge on any atom is 0.119 e. The van der Waals surface area contributed by atoms with Crippen LogP contribution in [0.2, 0.25) is 0 Å². The molecule has 88 heavy (non-hydrogen) atoms. The Labute approximate surface area is 511 Å². The first kappa shape index (κ1) is 64.7. The second kappa shape index (κ2) is 35.9. The molecule has 20 nitrogen and oxygen atoms in total. The molecular weight excluding hydrogens is 1130 g/mol. The fraction of sp³-hybridized carbons (Fsp3) is 0.353. The summed E-state index contributed by atoms with van der Waals surface area (Å²) in [5.41, 5.74) is 13.3. The fourth-order valence-corrected chi connectivity index (χ4v) is 9.71. The van der Waals surface area contributed by atoms with Crippen molar-refractivity contribution >= 4 is 46.4 Å². The normalized spacial score (nSPS) is 11.9. The number of aromatic amines is 2. The maximum atomic E-state index is 8.99. The van der Waals surface area contributed by atoms with Crippen molar-refractivity contribution in [2.24, 2.45) is 0 Å². The van der Waals surface area contributed by atoms with E-state index in [1.165, 1.54) is 0 Å². The van der Waals surface area contributed by atoms with Gasteiger partial charge in [-0.15, -0.1) is 0 Å². The number of aliphatic hydroxyl groups excluding tert-OH is 4. The minimum atomic E-state index is -0.0324. The van der Waals surface area contributed by atoms with E-state index >= 15 is 0 Å². The van der Waals surface area contributed by atoms with Crippen molar-refractivity contribution < 1.29 is 77.3 Å². The summed E-state index contributed by atoms with van der Waals surface area (Å²) >= 11 is 0. The Morgan fingerprint density at radius 1 is 0.239 bits per heavy atom. The predicted molar refractivity (Wildman–Crippen MR) is 337 cm³/mol. The number of rotatable bonds is 40. The minimum absolute atomic E-state index is 0.0324. The lowest BCUT2D eigenvalue weighted by Gasteiger charge is -2.10. The average molecular weight is 1210 g/mol. The highest BCUT2D eigenvalue weighted by Gasteiger charge is 2.20. The summed E-state index contributed by atoms with van der Waals surface area (Å²) in [5.74, 6) is 2.72. The number of H-pyrrole nitrogens is 2. The largest absolute Gasteiger partial charge is 0.491 e. The monoisotopic (exact) mass is 1210 g/mol. The van der Waals surface area contributed by atoms with Crippen LogP contribution < -0.4 is 18.9 Å². The molecule has 0 unspecified atom stereocenters. The van der Waals surface area contributed by atoms with Crippen LogP contribution in [0.15, 0.2) is 121 Å². The van der Waals surface area contributed by atoms with Crippen LogP contribution in [0.5, 0.6) is 23.0 Å². The summed E-state index contributed by atoms with van der Waals surface area (Å²) in [6.45, 7) is 6.98. The van der Waals surface area contributed by atoms with E-state index in [2.05, 4.69) is 58.5 Å². The summed E-state index contributed by atoms with van der Waals surface area (Å²) < 4.78 is 68.3. The smallest absolute Gasteiger partial charge is 0.119 e. The molecule has 3 aromatic heterocycles. The zero-order valence-corrected chi connectivity index (χ0v) is 49.4. The van der Waals surface area contributed by atoms with Crippen molar-refractivity contribution in [2.75, 3.05) is 159 Å². The molecule has 4 aromatic carbocycles. The number of nitrogens with zero attached hydrogens (tertiary/aromatic N) is 2. The maximum absolute atomic E-state index is 8.99. The molecule has 0 atom stereocenters. The molecule has 8 bridgehead atoms. The molecule has 5 heterocycles. The van der Waals surface area contributed by atoms with Crippen LogP contribution in [-0.2, 0) is 37.9 Å². The van der Waals surface area contributed by atoms with Crippen LogP contribution in [0.3, 0.4) is 0 Å². The third-order valence-electron chi connectivity index (χ3n) is 13.7. The van der Waals surface area contributed by atoms with Crippen molar-refractivity contribution in [3.63, 3.8) is 0 Å². The second-order valence-electron chi connectivity index (χ2n) is 19.8. The molecular formula is C68H78N4O16. The Balaban J connectivity index is 1.13. The molecule has 466 valence electrons. The van der Waals surface area contributed by atoms with E-state index in [0.29, 0.717) is 129 Å². The third-order valence-corrected chi connectivity index (χ3v) is 13.7. The van der Waals surface area contributed by atoms with E-state index in [-0.39, 0.29) is 52.9 Å². The summed E-state index contributed by atoms with van der Waals surface area (Å²) in [6, 6.07) is 40.2. The number of ether oxygens (including phenoxy) is 12. The number of aromatic nitrogens is 4. The van der Waals surface area contributed by atoms with Gasteiger partial charge in [0.25, 0.3) is 0 Å². The Hall–Kier alpha value is -7.80. The molecule has 0 aliphatic carbocycles. The summed E-state index contributed by atoms with van der Waals surface area (Å²) in [6.07, 6.45) is 8.21. The van der Waals surface area contributed by atoms with Gasteiger partial charge in [0.15, 0.2) is 0 Å². The Kier molecular flexibility index (Phi) is 26.4. The summed E-state index contributed by atoms with van der Waals surface area (Å²) in [4.78, 5) is 18.6. The molecule has 0 spiro atoms. The zero-order chi connectivity index (χ0) is 60.8. The topological polar surface area (TPSA) is 249 Å². The quantitative estimate of drug-likeness (QED) is 0.0196. The van der Waals surface area contributed by atoms with Crippen molar-refractivity contribution in [1.82, 2.24) is 19.9 Å². The summed E-state index contributed by atoms with van der Waals surface area (Å²) in [5, 5.41) is 36.0. The van der Waals surface area contributed by atoms with Gasteiger partial charge in [0.05, 0.1) is 155 Å². The van der Waals surface area contributed by atoms with Gasteiger partial charge >= 0.3 is 0 Å². The van der Waals surface area contributed by atoms with Gasteiger partial charge in [-0.1, -0.05) is 48.5 Å². The van der Waals surface area contributed by atoms with Crippen molar-refractivity contribution in [3.8, 4) is 67.5 Å². The highest BCUT2D eigenvalue weighted by Crippen LogP contribution is 2.39. The molecule has 7 aromatic rings. The third kappa shape index (κ3) is 19.1. The van der Waals surface area contributed by atoms with Crippen molar-refractivity contribution in [3.05, 3.63) is 144 Å². The first-order valence-electron chi connectivity index (χ1n) is 29.7. The van der Waals surface area contributed by atoms with Gasteiger partial charge in [0.2, 0.25) is 0 Å². The van der Waals surface area contributed by atoms with Gasteiger partial charge in [0.1, 0.15) is 49.4 Å². The molecule has 2 aliphatic heterocycles. The number of fused-ring (bicyclic) bond motifs is 8. The van der Waals surface area contributed by atoms with E-state index in [9.17, 15) is 0 Å². The Morgan fingerprint density at radius 3 is 0.636 bits per heavy atom. The lowest BCUT2D eigenvalue weighted by molar-refractivity contribution is 0.0247. The average Bonchev–Trinajstić information content (AvgIpc) is 1.87. The van der Waals surface area contributed by atoms with Crippen LogP contribution >= 0.6 is 0 Å². The van der Waals surface area contributed by atoms with Crippen molar-refractivity contribution in [1.29, 1.82) is 0 Å². The lowest BCUT2D eigenvalue weighted by Crippen LogP contribution is -2.11. The molecule has 0 saturated heterocycles. The van der Waals surface area contributed by atoms with Gasteiger partial charge in [-0.2, -0.15) is 0 Å². The van der Waals surface area contributed by atoms with Gasteiger partial charge < -0.3 is 87.2 Å². The minimum Gasteiger partial charge on any atom is -0.491 e. The second-order valence-corrected chi connectivity index (χ2v) is 19.8.